The highest BCUT2D eigenvalue weighted by molar-refractivity contribution is 6.24. The number of benzene rings is 2. The first-order chi connectivity index (χ1) is 13.9. The molecule has 5 nitrogen and oxygen atoms in total. The molecule has 0 bridgehead atoms. The Morgan fingerprint density at radius 1 is 0.966 bits per heavy atom. The molecular formula is C24H26N2O3. The van der Waals surface area contributed by atoms with Crippen LogP contribution in [0.15, 0.2) is 42.5 Å². The largest absolute Gasteiger partial charge is 0.322 e. The fraction of sp³-hybridized carbons (Fsp3) is 0.375. The van der Waals surface area contributed by atoms with E-state index in [1.165, 1.54) is 4.90 Å². The molecule has 0 unspecified atom stereocenters. The Hall–Kier alpha value is -2.95. The number of carbonyl (C=O) groups excluding carboxylic acids is 3. The van der Waals surface area contributed by atoms with Crippen molar-refractivity contribution >= 4 is 29.1 Å². The highest BCUT2D eigenvalue weighted by Crippen LogP contribution is 2.42. The average Bonchev–Trinajstić information content (AvgIpc) is 2.94. The first kappa shape index (κ1) is 19.4. The summed E-state index contributed by atoms with van der Waals surface area (Å²) in [7, 11) is 0. The first-order valence-corrected chi connectivity index (χ1v) is 10.2. The predicted molar refractivity (Wildman–Crippen MR) is 113 cm³/mol. The molecule has 0 spiro atoms. The third-order valence-corrected chi connectivity index (χ3v) is 6.34. The van der Waals surface area contributed by atoms with Gasteiger partial charge in [0.05, 0.1) is 23.1 Å². The van der Waals surface area contributed by atoms with Crippen LogP contribution in [0.5, 0.6) is 0 Å². The fourth-order valence-electron chi connectivity index (χ4n) is 4.51. The monoisotopic (exact) mass is 390 g/mol. The lowest BCUT2D eigenvalue weighted by atomic mass is 9.76. The molecule has 4 rings (SSSR count). The third kappa shape index (κ3) is 3.46. The molecule has 1 heterocycles. The van der Waals surface area contributed by atoms with Gasteiger partial charge in [-0.05, 0) is 74.4 Å². The van der Waals surface area contributed by atoms with Crippen LogP contribution in [0.2, 0.25) is 0 Å². The van der Waals surface area contributed by atoms with E-state index in [-0.39, 0.29) is 29.6 Å². The zero-order valence-electron chi connectivity index (χ0n) is 17.1. The zero-order valence-corrected chi connectivity index (χ0v) is 17.1. The van der Waals surface area contributed by atoms with Gasteiger partial charge < -0.3 is 5.32 Å². The number of amides is 3. The van der Waals surface area contributed by atoms with Crippen molar-refractivity contribution in [3.63, 3.8) is 0 Å². The molecule has 1 N–H and O–H groups in total. The molecule has 0 radical (unpaired) electrons. The summed E-state index contributed by atoms with van der Waals surface area (Å²) in [6.45, 7) is 6.13. The summed E-state index contributed by atoms with van der Waals surface area (Å²) in [5.41, 5.74) is 3.63. The maximum atomic E-state index is 13.1. The van der Waals surface area contributed by atoms with E-state index in [9.17, 15) is 14.4 Å². The van der Waals surface area contributed by atoms with Crippen molar-refractivity contribution < 1.29 is 14.4 Å². The molecule has 3 atom stereocenters. The molecule has 150 valence electrons. The Kier molecular flexibility index (Phi) is 4.99. The zero-order chi connectivity index (χ0) is 20.7. The molecule has 1 saturated carbocycles. The molecule has 3 amide bonds. The molecule has 1 aliphatic heterocycles. The van der Waals surface area contributed by atoms with E-state index in [2.05, 4.69) is 12.2 Å². The van der Waals surface area contributed by atoms with Gasteiger partial charge in [-0.3, -0.25) is 14.4 Å². The van der Waals surface area contributed by atoms with Crippen LogP contribution in [0.1, 0.15) is 47.7 Å². The molecule has 2 fully saturated rings. The molecule has 1 saturated heterocycles. The van der Waals surface area contributed by atoms with Gasteiger partial charge in [-0.2, -0.15) is 0 Å². The maximum Gasteiger partial charge on any atom is 0.257 e. The van der Waals surface area contributed by atoms with Crippen molar-refractivity contribution in [3.8, 4) is 0 Å². The van der Waals surface area contributed by atoms with Crippen LogP contribution >= 0.6 is 0 Å². The molecule has 0 aromatic heterocycles. The molecular weight excluding hydrogens is 364 g/mol. The molecule has 2 aromatic rings. The number of rotatable bonds is 3. The van der Waals surface area contributed by atoms with Gasteiger partial charge in [0, 0.05) is 5.69 Å². The van der Waals surface area contributed by atoms with Crippen LogP contribution in [0.25, 0.3) is 0 Å². The number of fused-ring (bicyclic) bond motifs is 1. The Morgan fingerprint density at radius 2 is 1.69 bits per heavy atom. The second-order valence-electron chi connectivity index (χ2n) is 8.41. The Labute approximate surface area is 171 Å². The van der Waals surface area contributed by atoms with Crippen molar-refractivity contribution in [2.24, 2.45) is 17.8 Å². The van der Waals surface area contributed by atoms with E-state index in [1.54, 1.807) is 24.3 Å². The number of carbonyl (C=O) groups is 3. The number of nitrogens with one attached hydrogen (secondary N) is 1. The van der Waals surface area contributed by atoms with E-state index < -0.39 is 0 Å². The van der Waals surface area contributed by atoms with Gasteiger partial charge in [-0.15, -0.1) is 0 Å². The van der Waals surface area contributed by atoms with E-state index in [0.29, 0.717) is 22.9 Å². The van der Waals surface area contributed by atoms with Crippen LogP contribution in [0.4, 0.5) is 11.4 Å². The average molecular weight is 390 g/mol. The highest BCUT2D eigenvalue weighted by Gasteiger charge is 2.50. The van der Waals surface area contributed by atoms with Crippen LogP contribution in [0, 0.1) is 31.6 Å². The normalized spacial score (nSPS) is 23.8. The number of imide groups is 1. The van der Waals surface area contributed by atoms with Crippen molar-refractivity contribution in [1.29, 1.82) is 0 Å². The molecule has 2 aliphatic rings. The molecule has 5 heteroatoms. The van der Waals surface area contributed by atoms with Gasteiger partial charge in [0.25, 0.3) is 5.91 Å². The number of hydrogen-bond donors (Lipinski definition) is 1. The molecule has 29 heavy (non-hydrogen) atoms. The summed E-state index contributed by atoms with van der Waals surface area (Å²) in [5, 5.41) is 2.90. The predicted octanol–water partition coefficient (Wildman–Crippen LogP) is 4.48. The van der Waals surface area contributed by atoms with Gasteiger partial charge in [0.2, 0.25) is 11.8 Å². The minimum absolute atomic E-state index is 0.168. The minimum Gasteiger partial charge on any atom is -0.322 e. The minimum atomic E-state index is -0.326. The van der Waals surface area contributed by atoms with E-state index >= 15 is 0 Å². The van der Waals surface area contributed by atoms with E-state index in [1.807, 2.05) is 32.0 Å². The quantitative estimate of drug-likeness (QED) is 0.786. The lowest BCUT2D eigenvalue weighted by molar-refractivity contribution is -0.122. The smallest absolute Gasteiger partial charge is 0.257 e. The second kappa shape index (κ2) is 7.47. The van der Waals surface area contributed by atoms with E-state index in [0.717, 1.165) is 30.4 Å². The number of nitrogens with zero attached hydrogens (tertiary/aromatic N) is 1. The number of para-hydroxylation sites is 1. The summed E-state index contributed by atoms with van der Waals surface area (Å²) < 4.78 is 0. The summed E-state index contributed by atoms with van der Waals surface area (Å²) in [6.07, 6.45) is 2.44. The topological polar surface area (TPSA) is 66.5 Å². The van der Waals surface area contributed by atoms with Gasteiger partial charge >= 0.3 is 0 Å². The van der Waals surface area contributed by atoms with Crippen LogP contribution < -0.4 is 10.2 Å². The van der Waals surface area contributed by atoms with Gasteiger partial charge in [-0.25, -0.2) is 4.90 Å². The number of hydrogen-bond acceptors (Lipinski definition) is 3. The van der Waals surface area contributed by atoms with Crippen LogP contribution in [-0.2, 0) is 9.59 Å². The molecule has 1 aliphatic carbocycles. The van der Waals surface area contributed by atoms with Gasteiger partial charge in [0.15, 0.2) is 0 Å². The number of anilines is 2. The summed E-state index contributed by atoms with van der Waals surface area (Å²) >= 11 is 0. The third-order valence-electron chi connectivity index (χ3n) is 6.34. The Bertz CT molecular complexity index is 997. The van der Waals surface area contributed by atoms with E-state index in [4.69, 9.17) is 0 Å². The summed E-state index contributed by atoms with van der Waals surface area (Å²) in [6, 6.07) is 12.6. The van der Waals surface area contributed by atoms with Gasteiger partial charge in [-0.1, -0.05) is 25.1 Å². The van der Waals surface area contributed by atoms with Crippen molar-refractivity contribution in [3.05, 3.63) is 59.2 Å². The van der Waals surface area contributed by atoms with Crippen molar-refractivity contribution in [2.75, 3.05) is 10.2 Å². The lowest BCUT2D eigenvalue weighted by Gasteiger charge is -2.25. The first-order valence-electron chi connectivity index (χ1n) is 10.2. The molecule has 2 aromatic carbocycles. The van der Waals surface area contributed by atoms with Crippen molar-refractivity contribution in [2.45, 2.75) is 40.0 Å². The SMILES string of the molecule is Cc1ccc(NC(=O)c2ccccc2N2C(=O)[C@H]3CC[C@@H](C)C[C@@H]3C2=O)cc1C. The fourth-order valence-corrected chi connectivity index (χ4v) is 4.51. The maximum absolute atomic E-state index is 13.1. The number of aryl methyl sites for hydroxylation is 2. The Morgan fingerprint density at radius 3 is 2.45 bits per heavy atom. The summed E-state index contributed by atoms with van der Waals surface area (Å²) in [5.74, 6) is -0.739. The summed E-state index contributed by atoms with van der Waals surface area (Å²) in [4.78, 5) is 40.4. The van der Waals surface area contributed by atoms with Crippen LogP contribution in [0.3, 0.4) is 0 Å². The standard InChI is InChI=1S/C24H26N2O3/c1-14-8-11-18-20(12-14)24(29)26(23(18)28)21-7-5-4-6-19(21)22(27)25-17-10-9-15(2)16(3)13-17/h4-7,9-10,13-14,18,20H,8,11-12H2,1-3H3,(H,25,27)/t14-,18+,20+/m1/s1. The van der Waals surface area contributed by atoms with Crippen LogP contribution in [-0.4, -0.2) is 17.7 Å². The lowest BCUT2D eigenvalue weighted by Crippen LogP contribution is -2.33. The van der Waals surface area contributed by atoms with Crippen molar-refractivity contribution in [1.82, 2.24) is 0 Å². The highest BCUT2D eigenvalue weighted by atomic mass is 16.2. The van der Waals surface area contributed by atoms with Gasteiger partial charge in [0.1, 0.15) is 0 Å². The second-order valence-corrected chi connectivity index (χ2v) is 8.41. The Balaban J connectivity index is 1.64.